The number of hydrogen-bond acceptors (Lipinski definition) is 3. The van der Waals surface area contributed by atoms with Gasteiger partial charge >= 0.3 is 5.97 Å². The molecule has 76 valence electrons. The van der Waals surface area contributed by atoms with E-state index in [-0.39, 0.29) is 23.7 Å². The number of hydrogen-bond donors (Lipinski definition) is 0. The molecule has 0 aromatic carbocycles. The fourth-order valence-corrected chi connectivity index (χ4v) is 1.07. The zero-order chi connectivity index (χ0) is 10.6. The fraction of sp³-hybridized carbons (Fsp3) is 0.333. The van der Waals surface area contributed by atoms with E-state index < -0.39 is 11.8 Å². The minimum absolute atomic E-state index is 0.0489. The number of aromatic nitrogens is 1. The Morgan fingerprint density at radius 2 is 2.43 bits per heavy atom. The third-order valence-electron chi connectivity index (χ3n) is 1.50. The number of carbonyl (C=O) groups is 1. The van der Waals surface area contributed by atoms with Gasteiger partial charge in [0.2, 0.25) is 0 Å². The third-order valence-corrected chi connectivity index (χ3v) is 1.71. The fourth-order valence-electron chi connectivity index (χ4n) is 0.922. The van der Waals surface area contributed by atoms with Crippen LogP contribution < -0.4 is 0 Å². The second-order valence-electron chi connectivity index (χ2n) is 2.56. The van der Waals surface area contributed by atoms with Gasteiger partial charge in [-0.05, 0) is 13.0 Å². The molecule has 0 unspecified atom stereocenters. The molecule has 1 rings (SSSR count). The molecule has 0 saturated heterocycles. The van der Waals surface area contributed by atoms with Crippen molar-refractivity contribution in [1.82, 2.24) is 4.98 Å². The molecule has 0 aliphatic rings. The number of halogens is 2. The summed E-state index contributed by atoms with van der Waals surface area (Å²) in [6.45, 7) is 1.96. The number of pyridine rings is 1. The molecule has 0 N–H and O–H groups in total. The van der Waals surface area contributed by atoms with Gasteiger partial charge in [-0.25, -0.2) is 4.39 Å². The Hall–Kier alpha value is -1.16. The van der Waals surface area contributed by atoms with Crippen molar-refractivity contribution in [2.75, 3.05) is 6.61 Å². The van der Waals surface area contributed by atoms with Crippen molar-refractivity contribution in [2.45, 2.75) is 13.3 Å². The second kappa shape index (κ2) is 4.91. The lowest BCUT2D eigenvalue weighted by molar-refractivity contribution is -0.142. The minimum atomic E-state index is -0.592. The van der Waals surface area contributed by atoms with Crippen LogP contribution in [0.5, 0.6) is 0 Å². The van der Waals surface area contributed by atoms with Crippen LogP contribution >= 0.6 is 11.6 Å². The zero-order valence-electron chi connectivity index (χ0n) is 7.59. The van der Waals surface area contributed by atoms with Crippen molar-refractivity contribution >= 4 is 17.6 Å². The highest BCUT2D eigenvalue weighted by molar-refractivity contribution is 6.30. The first-order valence-electron chi connectivity index (χ1n) is 4.09. The molecule has 0 fully saturated rings. The Labute approximate surface area is 85.9 Å². The Morgan fingerprint density at radius 1 is 1.71 bits per heavy atom. The second-order valence-corrected chi connectivity index (χ2v) is 3.00. The molecule has 3 nitrogen and oxygen atoms in total. The quantitative estimate of drug-likeness (QED) is 0.727. The van der Waals surface area contributed by atoms with Crippen molar-refractivity contribution in [1.29, 1.82) is 0 Å². The smallest absolute Gasteiger partial charge is 0.311 e. The van der Waals surface area contributed by atoms with Gasteiger partial charge < -0.3 is 4.74 Å². The highest BCUT2D eigenvalue weighted by atomic mass is 35.5. The van der Waals surface area contributed by atoms with E-state index in [4.69, 9.17) is 11.6 Å². The van der Waals surface area contributed by atoms with Crippen LogP contribution in [0, 0.1) is 5.82 Å². The summed E-state index contributed by atoms with van der Waals surface area (Å²) in [6, 6.07) is 1.11. The first-order chi connectivity index (χ1) is 6.63. The molecule has 0 aliphatic heterocycles. The van der Waals surface area contributed by atoms with Crippen molar-refractivity contribution in [2.24, 2.45) is 0 Å². The topological polar surface area (TPSA) is 39.2 Å². The van der Waals surface area contributed by atoms with Gasteiger partial charge in [0.25, 0.3) is 0 Å². The van der Waals surface area contributed by atoms with Crippen LogP contribution in [-0.4, -0.2) is 17.6 Å². The highest BCUT2D eigenvalue weighted by Crippen LogP contribution is 2.12. The Balaban J connectivity index is 2.72. The molecule has 0 amide bonds. The Morgan fingerprint density at radius 3 is 3.00 bits per heavy atom. The molecule has 1 aromatic rings. The number of esters is 1. The molecule has 0 spiro atoms. The monoisotopic (exact) mass is 217 g/mol. The summed E-state index contributed by atoms with van der Waals surface area (Å²) in [5.74, 6) is -1.09. The summed E-state index contributed by atoms with van der Waals surface area (Å²) in [5.41, 5.74) is 0.0489. The maximum absolute atomic E-state index is 13.1. The van der Waals surface area contributed by atoms with Crippen molar-refractivity contribution in [3.63, 3.8) is 0 Å². The summed E-state index contributed by atoms with van der Waals surface area (Å²) in [6.07, 6.45) is 1.12. The Kier molecular flexibility index (Phi) is 3.83. The normalized spacial score (nSPS) is 9.93. The van der Waals surface area contributed by atoms with Crippen LogP contribution in [0.2, 0.25) is 5.02 Å². The largest absolute Gasteiger partial charge is 0.466 e. The standard InChI is InChI=1S/C9H9ClFNO2/c1-2-14-9(13)4-8-7(11)3-6(10)5-12-8/h3,5H,2,4H2,1H3. The van der Waals surface area contributed by atoms with Crippen LogP contribution in [0.15, 0.2) is 12.3 Å². The molecule has 0 saturated carbocycles. The van der Waals surface area contributed by atoms with Gasteiger partial charge in [0, 0.05) is 6.20 Å². The SMILES string of the molecule is CCOC(=O)Cc1ncc(Cl)cc1F. The predicted molar refractivity (Wildman–Crippen MR) is 49.5 cm³/mol. The summed E-state index contributed by atoms with van der Waals surface area (Å²) in [5, 5.41) is 0.204. The average molecular weight is 218 g/mol. The number of ether oxygens (including phenoxy) is 1. The van der Waals surface area contributed by atoms with E-state index in [1.165, 1.54) is 6.20 Å². The van der Waals surface area contributed by atoms with Crippen molar-refractivity contribution < 1.29 is 13.9 Å². The first-order valence-corrected chi connectivity index (χ1v) is 4.46. The summed E-state index contributed by atoms with van der Waals surface area (Å²) < 4.78 is 17.7. The Bertz CT molecular complexity index is 344. The van der Waals surface area contributed by atoms with Crippen LogP contribution in [0.3, 0.4) is 0 Å². The van der Waals surface area contributed by atoms with E-state index in [1.807, 2.05) is 0 Å². The molecule has 0 atom stereocenters. The molecule has 5 heteroatoms. The lowest BCUT2D eigenvalue weighted by Crippen LogP contribution is -2.10. The number of nitrogens with zero attached hydrogens (tertiary/aromatic N) is 1. The molecule has 1 heterocycles. The third kappa shape index (κ3) is 2.96. The van der Waals surface area contributed by atoms with Gasteiger partial charge in [-0.2, -0.15) is 0 Å². The van der Waals surface area contributed by atoms with Gasteiger partial charge in [-0.1, -0.05) is 11.6 Å². The van der Waals surface area contributed by atoms with Crippen molar-refractivity contribution in [3.8, 4) is 0 Å². The van der Waals surface area contributed by atoms with E-state index in [0.29, 0.717) is 0 Å². The molecular formula is C9H9ClFNO2. The molecule has 0 aliphatic carbocycles. The molecule has 1 aromatic heterocycles. The minimum Gasteiger partial charge on any atom is -0.466 e. The molecule has 0 radical (unpaired) electrons. The summed E-state index contributed by atoms with van der Waals surface area (Å²) >= 11 is 5.50. The molecule has 14 heavy (non-hydrogen) atoms. The van der Waals surface area contributed by atoms with E-state index >= 15 is 0 Å². The van der Waals surface area contributed by atoms with Crippen molar-refractivity contribution in [3.05, 3.63) is 28.8 Å². The average Bonchev–Trinajstić information content (AvgIpc) is 2.10. The van der Waals surface area contributed by atoms with E-state index in [0.717, 1.165) is 6.07 Å². The summed E-state index contributed by atoms with van der Waals surface area (Å²) in [4.78, 5) is 14.7. The van der Waals surface area contributed by atoms with E-state index in [2.05, 4.69) is 9.72 Å². The number of carbonyl (C=O) groups excluding carboxylic acids is 1. The zero-order valence-corrected chi connectivity index (χ0v) is 8.34. The van der Waals surface area contributed by atoms with Gasteiger partial charge in [-0.15, -0.1) is 0 Å². The maximum Gasteiger partial charge on any atom is 0.311 e. The molecular weight excluding hydrogens is 209 g/mol. The van der Waals surface area contributed by atoms with Gasteiger partial charge in [-0.3, -0.25) is 9.78 Å². The van der Waals surface area contributed by atoms with Gasteiger partial charge in [0.05, 0.1) is 23.7 Å². The van der Waals surface area contributed by atoms with Crippen LogP contribution in [0.25, 0.3) is 0 Å². The van der Waals surface area contributed by atoms with E-state index in [9.17, 15) is 9.18 Å². The first kappa shape index (κ1) is 10.9. The number of rotatable bonds is 3. The lowest BCUT2D eigenvalue weighted by atomic mass is 10.2. The van der Waals surface area contributed by atoms with Gasteiger partial charge in [0.15, 0.2) is 0 Å². The van der Waals surface area contributed by atoms with Crippen LogP contribution in [0.1, 0.15) is 12.6 Å². The van der Waals surface area contributed by atoms with Crippen LogP contribution in [0.4, 0.5) is 4.39 Å². The summed E-state index contributed by atoms with van der Waals surface area (Å²) in [7, 11) is 0. The highest BCUT2D eigenvalue weighted by Gasteiger charge is 2.10. The lowest BCUT2D eigenvalue weighted by Gasteiger charge is -2.02. The predicted octanol–water partition coefficient (Wildman–Crippen LogP) is 1.98. The van der Waals surface area contributed by atoms with Crippen LogP contribution in [-0.2, 0) is 16.0 Å². The maximum atomic E-state index is 13.1. The molecule has 0 bridgehead atoms. The van der Waals surface area contributed by atoms with E-state index in [1.54, 1.807) is 6.92 Å². The van der Waals surface area contributed by atoms with Gasteiger partial charge in [0.1, 0.15) is 5.82 Å².